The number of rotatable bonds is 3. The molecule has 1 unspecified atom stereocenters. The van der Waals surface area contributed by atoms with E-state index in [1.807, 2.05) is 12.1 Å². The molecule has 0 bridgehead atoms. The average molecular weight is 285 g/mol. The number of sulfonamides is 1. The Hall–Kier alpha value is -1.10. The molecule has 2 rings (SSSR count). The SMILES string of the molecule is CCS(=O)(=O)N(C)c1cccc2c1CC(F)CCC2. The van der Waals surface area contributed by atoms with Crippen molar-refractivity contribution in [3.63, 3.8) is 0 Å². The summed E-state index contributed by atoms with van der Waals surface area (Å²) in [5.74, 6) is 0.0478. The summed E-state index contributed by atoms with van der Waals surface area (Å²) >= 11 is 0. The predicted molar refractivity (Wildman–Crippen MR) is 75.8 cm³/mol. The number of hydrogen-bond donors (Lipinski definition) is 0. The zero-order valence-corrected chi connectivity index (χ0v) is 12.2. The van der Waals surface area contributed by atoms with E-state index in [0.717, 1.165) is 24.0 Å². The highest BCUT2D eigenvalue weighted by Crippen LogP contribution is 2.31. The monoisotopic (exact) mass is 285 g/mol. The van der Waals surface area contributed by atoms with Gasteiger partial charge in [-0.15, -0.1) is 0 Å². The van der Waals surface area contributed by atoms with Crippen LogP contribution >= 0.6 is 0 Å². The molecule has 0 aliphatic heterocycles. The first-order valence-corrected chi connectivity index (χ1v) is 8.28. The number of benzene rings is 1. The van der Waals surface area contributed by atoms with Crippen LogP contribution < -0.4 is 4.31 Å². The van der Waals surface area contributed by atoms with Crippen molar-refractivity contribution in [1.82, 2.24) is 0 Å². The number of hydrogen-bond acceptors (Lipinski definition) is 2. The summed E-state index contributed by atoms with van der Waals surface area (Å²) in [5, 5.41) is 0. The number of aryl methyl sites for hydroxylation is 1. The zero-order chi connectivity index (χ0) is 14.0. The van der Waals surface area contributed by atoms with Crippen molar-refractivity contribution in [3.8, 4) is 0 Å². The molecular weight excluding hydrogens is 265 g/mol. The van der Waals surface area contributed by atoms with E-state index in [2.05, 4.69) is 0 Å². The Morgan fingerprint density at radius 2 is 2.16 bits per heavy atom. The summed E-state index contributed by atoms with van der Waals surface area (Å²) in [7, 11) is -1.76. The molecule has 0 saturated carbocycles. The minimum absolute atomic E-state index is 0.0478. The summed E-state index contributed by atoms with van der Waals surface area (Å²) in [4.78, 5) is 0. The van der Waals surface area contributed by atoms with Gasteiger partial charge in [0, 0.05) is 13.5 Å². The van der Waals surface area contributed by atoms with Gasteiger partial charge in [-0.2, -0.15) is 0 Å². The fourth-order valence-electron chi connectivity index (χ4n) is 2.57. The third-order valence-corrected chi connectivity index (χ3v) is 5.52. The smallest absolute Gasteiger partial charge is 0.234 e. The van der Waals surface area contributed by atoms with Crippen LogP contribution in [-0.2, 0) is 22.9 Å². The highest BCUT2D eigenvalue weighted by atomic mass is 32.2. The minimum atomic E-state index is -3.30. The lowest BCUT2D eigenvalue weighted by atomic mass is 10.0. The summed E-state index contributed by atoms with van der Waals surface area (Å²) in [6.45, 7) is 1.62. The molecule has 1 aromatic rings. The topological polar surface area (TPSA) is 37.4 Å². The molecule has 0 radical (unpaired) electrons. The number of halogens is 1. The molecule has 0 spiro atoms. The van der Waals surface area contributed by atoms with E-state index in [9.17, 15) is 12.8 Å². The van der Waals surface area contributed by atoms with E-state index in [-0.39, 0.29) is 5.75 Å². The van der Waals surface area contributed by atoms with Gasteiger partial charge in [-0.1, -0.05) is 12.1 Å². The van der Waals surface area contributed by atoms with Gasteiger partial charge < -0.3 is 0 Å². The van der Waals surface area contributed by atoms with Gasteiger partial charge in [0.05, 0.1) is 11.4 Å². The van der Waals surface area contributed by atoms with E-state index in [4.69, 9.17) is 0 Å². The molecule has 0 heterocycles. The van der Waals surface area contributed by atoms with Crippen molar-refractivity contribution in [2.45, 2.75) is 38.8 Å². The van der Waals surface area contributed by atoms with Gasteiger partial charge in [0.2, 0.25) is 10.0 Å². The first kappa shape index (κ1) is 14.3. The van der Waals surface area contributed by atoms with E-state index >= 15 is 0 Å². The molecule has 0 aromatic heterocycles. The molecule has 1 aliphatic rings. The average Bonchev–Trinajstić information content (AvgIpc) is 2.58. The largest absolute Gasteiger partial charge is 0.273 e. The van der Waals surface area contributed by atoms with Crippen molar-refractivity contribution in [3.05, 3.63) is 29.3 Å². The molecule has 0 saturated heterocycles. The molecular formula is C14H20FNO2S. The Bertz CT molecular complexity index is 557. The van der Waals surface area contributed by atoms with Crippen LogP contribution in [0.3, 0.4) is 0 Å². The van der Waals surface area contributed by atoms with E-state index in [0.29, 0.717) is 18.5 Å². The van der Waals surface area contributed by atoms with Crippen LogP contribution in [0.15, 0.2) is 18.2 Å². The molecule has 1 aliphatic carbocycles. The van der Waals surface area contributed by atoms with Gasteiger partial charge in [0.1, 0.15) is 6.17 Å². The van der Waals surface area contributed by atoms with Gasteiger partial charge in [-0.25, -0.2) is 12.8 Å². The lowest BCUT2D eigenvalue weighted by molar-refractivity contribution is 0.313. The van der Waals surface area contributed by atoms with Crippen molar-refractivity contribution in [2.24, 2.45) is 0 Å². The summed E-state index contributed by atoms with van der Waals surface area (Å²) in [6.07, 6.45) is 1.64. The molecule has 5 heteroatoms. The number of fused-ring (bicyclic) bond motifs is 1. The Morgan fingerprint density at radius 1 is 1.42 bits per heavy atom. The van der Waals surface area contributed by atoms with Gasteiger partial charge in [-0.3, -0.25) is 4.31 Å². The van der Waals surface area contributed by atoms with Gasteiger partial charge in [0.25, 0.3) is 0 Å². The summed E-state index contributed by atoms with van der Waals surface area (Å²) in [5.41, 5.74) is 2.56. The van der Waals surface area contributed by atoms with Crippen LogP contribution in [0.5, 0.6) is 0 Å². The van der Waals surface area contributed by atoms with Crippen molar-refractivity contribution in [1.29, 1.82) is 0 Å². The zero-order valence-electron chi connectivity index (χ0n) is 11.4. The fourth-order valence-corrected chi connectivity index (χ4v) is 3.43. The van der Waals surface area contributed by atoms with Gasteiger partial charge in [-0.05, 0) is 43.4 Å². The van der Waals surface area contributed by atoms with Crippen LogP contribution in [0.4, 0.5) is 10.1 Å². The first-order valence-electron chi connectivity index (χ1n) is 6.67. The molecule has 1 aromatic carbocycles. The minimum Gasteiger partial charge on any atom is -0.273 e. The standard InChI is InChI=1S/C14H20FNO2S/c1-3-19(17,18)16(2)14-9-5-7-11-6-4-8-12(15)10-13(11)14/h5,7,9,12H,3-4,6,8,10H2,1-2H3. The molecule has 3 nitrogen and oxygen atoms in total. The van der Waals surface area contributed by atoms with E-state index < -0.39 is 16.2 Å². The molecule has 1 atom stereocenters. The Balaban J connectivity index is 2.48. The van der Waals surface area contributed by atoms with Crippen LogP contribution in [0.2, 0.25) is 0 Å². The second-order valence-corrected chi connectivity index (χ2v) is 7.27. The molecule has 0 N–H and O–H groups in total. The predicted octanol–water partition coefficient (Wildman–Crippen LogP) is 2.69. The number of anilines is 1. The third-order valence-electron chi connectivity index (χ3n) is 3.76. The van der Waals surface area contributed by atoms with Crippen LogP contribution in [-0.4, -0.2) is 27.4 Å². The molecule has 19 heavy (non-hydrogen) atoms. The van der Waals surface area contributed by atoms with Crippen molar-refractivity contribution < 1.29 is 12.8 Å². The second kappa shape index (κ2) is 5.49. The number of nitrogens with zero attached hydrogens (tertiary/aromatic N) is 1. The second-order valence-electron chi connectivity index (χ2n) is 4.98. The van der Waals surface area contributed by atoms with Crippen LogP contribution in [0.1, 0.15) is 30.9 Å². The first-order chi connectivity index (χ1) is 8.95. The molecule has 0 amide bonds. The van der Waals surface area contributed by atoms with E-state index in [1.165, 1.54) is 4.31 Å². The van der Waals surface area contributed by atoms with Gasteiger partial charge in [0.15, 0.2) is 0 Å². The van der Waals surface area contributed by atoms with Crippen molar-refractivity contribution >= 4 is 15.7 Å². The highest BCUT2D eigenvalue weighted by molar-refractivity contribution is 7.92. The quantitative estimate of drug-likeness (QED) is 0.801. The maximum Gasteiger partial charge on any atom is 0.234 e. The Morgan fingerprint density at radius 3 is 2.84 bits per heavy atom. The Kier molecular flexibility index (Phi) is 4.13. The maximum absolute atomic E-state index is 13.8. The normalized spacial score (nSPS) is 19.6. The molecule has 106 valence electrons. The summed E-state index contributed by atoms with van der Waals surface area (Å²) < 4.78 is 39.0. The maximum atomic E-state index is 13.8. The lowest BCUT2D eigenvalue weighted by Gasteiger charge is -2.23. The Labute approximate surface area is 114 Å². The third kappa shape index (κ3) is 2.91. The van der Waals surface area contributed by atoms with Crippen LogP contribution in [0, 0.1) is 0 Å². The van der Waals surface area contributed by atoms with Gasteiger partial charge >= 0.3 is 0 Å². The molecule has 0 fully saturated rings. The summed E-state index contributed by atoms with van der Waals surface area (Å²) in [6, 6.07) is 5.60. The highest BCUT2D eigenvalue weighted by Gasteiger charge is 2.24. The fraction of sp³-hybridized carbons (Fsp3) is 0.571. The van der Waals surface area contributed by atoms with Crippen molar-refractivity contribution in [2.75, 3.05) is 17.1 Å². The van der Waals surface area contributed by atoms with E-state index in [1.54, 1.807) is 20.0 Å². The number of alkyl halides is 1. The van der Waals surface area contributed by atoms with Crippen LogP contribution in [0.25, 0.3) is 0 Å². The lowest BCUT2D eigenvalue weighted by Crippen LogP contribution is -2.29.